The fourth-order valence-electron chi connectivity index (χ4n) is 2.79. The molecule has 0 bridgehead atoms. The van der Waals surface area contributed by atoms with Crippen LogP contribution in [0, 0.1) is 5.82 Å². The molecule has 1 heterocycles. The molecule has 1 N–H and O–H groups in total. The fourth-order valence-corrected chi connectivity index (χ4v) is 2.99. The molecule has 1 fully saturated rings. The summed E-state index contributed by atoms with van der Waals surface area (Å²) in [7, 11) is 0. The van der Waals surface area contributed by atoms with E-state index in [0.29, 0.717) is 36.9 Å². The van der Waals surface area contributed by atoms with Gasteiger partial charge in [-0.1, -0.05) is 35.9 Å². The molecule has 0 saturated carbocycles. The largest absolute Gasteiger partial charge is 0.375 e. The third-order valence-electron chi connectivity index (χ3n) is 4.13. The maximum Gasteiger partial charge on any atom is 0.241 e. The van der Waals surface area contributed by atoms with E-state index in [1.807, 2.05) is 29.2 Å². The SMILES string of the molecule is O=C(CNc1ccccc1Cl)N1CCN(c2ccccc2F)CC1. The van der Waals surface area contributed by atoms with Gasteiger partial charge in [0.2, 0.25) is 5.91 Å². The smallest absolute Gasteiger partial charge is 0.241 e. The molecule has 1 aliphatic heterocycles. The van der Waals surface area contributed by atoms with Crippen LogP contribution in [-0.2, 0) is 4.79 Å². The van der Waals surface area contributed by atoms with Crippen molar-refractivity contribution in [3.05, 3.63) is 59.4 Å². The molecule has 2 aromatic rings. The van der Waals surface area contributed by atoms with E-state index in [0.717, 1.165) is 5.69 Å². The first-order valence-corrected chi connectivity index (χ1v) is 8.28. The fraction of sp³-hybridized carbons (Fsp3) is 0.278. The number of para-hydroxylation sites is 2. The number of rotatable bonds is 4. The number of benzene rings is 2. The van der Waals surface area contributed by atoms with Crippen molar-refractivity contribution >= 4 is 28.9 Å². The lowest BCUT2D eigenvalue weighted by Gasteiger charge is -2.36. The number of nitrogens with zero attached hydrogens (tertiary/aromatic N) is 2. The average Bonchev–Trinajstić information content (AvgIpc) is 2.61. The first-order chi connectivity index (χ1) is 11.6. The van der Waals surface area contributed by atoms with Crippen molar-refractivity contribution in [2.45, 2.75) is 0 Å². The van der Waals surface area contributed by atoms with Gasteiger partial charge in [0.15, 0.2) is 0 Å². The van der Waals surface area contributed by atoms with Crippen molar-refractivity contribution in [3.63, 3.8) is 0 Å². The number of nitrogens with one attached hydrogen (secondary N) is 1. The molecular formula is C18H19ClFN3O. The summed E-state index contributed by atoms with van der Waals surface area (Å²) in [6.45, 7) is 2.61. The predicted molar refractivity (Wildman–Crippen MR) is 95.1 cm³/mol. The Balaban J connectivity index is 1.52. The predicted octanol–water partition coefficient (Wildman–Crippen LogP) is 3.24. The van der Waals surface area contributed by atoms with E-state index in [9.17, 15) is 9.18 Å². The molecule has 0 atom stereocenters. The number of piperazine rings is 1. The molecule has 126 valence electrons. The maximum absolute atomic E-state index is 13.8. The molecule has 3 rings (SSSR count). The summed E-state index contributed by atoms with van der Waals surface area (Å²) < 4.78 is 13.8. The van der Waals surface area contributed by atoms with Crippen molar-refractivity contribution in [3.8, 4) is 0 Å². The van der Waals surface area contributed by atoms with Crippen molar-refractivity contribution in [2.24, 2.45) is 0 Å². The Hall–Kier alpha value is -2.27. The van der Waals surface area contributed by atoms with Crippen LogP contribution in [-0.4, -0.2) is 43.5 Å². The summed E-state index contributed by atoms with van der Waals surface area (Å²) in [5.74, 6) is -0.208. The van der Waals surface area contributed by atoms with Gasteiger partial charge in [-0.3, -0.25) is 4.79 Å². The van der Waals surface area contributed by atoms with Crippen molar-refractivity contribution in [1.82, 2.24) is 4.90 Å². The van der Waals surface area contributed by atoms with Gasteiger partial charge in [-0.15, -0.1) is 0 Å². The first kappa shape index (κ1) is 16.6. The van der Waals surface area contributed by atoms with Crippen molar-refractivity contribution < 1.29 is 9.18 Å². The molecule has 0 aliphatic carbocycles. The first-order valence-electron chi connectivity index (χ1n) is 7.91. The van der Waals surface area contributed by atoms with Gasteiger partial charge in [-0.25, -0.2) is 4.39 Å². The van der Waals surface area contributed by atoms with Gasteiger partial charge < -0.3 is 15.1 Å². The number of carbonyl (C=O) groups is 1. The Bertz CT molecular complexity index is 717. The lowest BCUT2D eigenvalue weighted by molar-refractivity contribution is -0.129. The molecule has 6 heteroatoms. The molecule has 4 nitrogen and oxygen atoms in total. The third-order valence-corrected chi connectivity index (χ3v) is 4.46. The van der Waals surface area contributed by atoms with Crippen LogP contribution in [0.2, 0.25) is 5.02 Å². The van der Waals surface area contributed by atoms with Crippen molar-refractivity contribution in [2.75, 3.05) is 42.9 Å². The second kappa shape index (κ2) is 7.53. The minimum absolute atomic E-state index is 0.0168. The maximum atomic E-state index is 13.8. The summed E-state index contributed by atoms with van der Waals surface area (Å²) in [6, 6.07) is 14.1. The van der Waals surface area contributed by atoms with E-state index in [-0.39, 0.29) is 18.3 Å². The lowest BCUT2D eigenvalue weighted by atomic mass is 10.2. The molecule has 1 amide bonds. The van der Waals surface area contributed by atoms with E-state index in [2.05, 4.69) is 5.32 Å². The monoisotopic (exact) mass is 347 g/mol. The summed E-state index contributed by atoms with van der Waals surface area (Å²) >= 11 is 6.07. The molecule has 0 radical (unpaired) electrons. The van der Waals surface area contributed by atoms with Gasteiger partial charge in [-0.2, -0.15) is 0 Å². The zero-order valence-corrected chi connectivity index (χ0v) is 14.0. The van der Waals surface area contributed by atoms with Crippen LogP contribution in [0.25, 0.3) is 0 Å². The lowest BCUT2D eigenvalue weighted by Crippen LogP contribution is -2.50. The van der Waals surface area contributed by atoms with Gasteiger partial charge in [0.25, 0.3) is 0 Å². The third kappa shape index (κ3) is 3.79. The number of hydrogen-bond acceptors (Lipinski definition) is 3. The standard InChI is InChI=1S/C18H19ClFN3O/c19-14-5-1-3-7-16(14)21-13-18(24)23-11-9-22(10-12-23)17-8-4-2-6-15(17)20/h1-8,21H,9-13H2. The highest BCUT2D eigenvalue weighted by atomic mass is 35.5. The topological polar surface area (TPSA) is 35.6 Å². The highest BCUT2D eigenvalue weighted by Crippen LogP contribution is 2.21. The number of amides is 1. The molecule has 0 aromatic heterocycles. The van der Waals surface area contributed by atoms with Crippen LogP contribution in [0.3, 0.4) is 0 Å². The van der Waals surface area contributed by atoms with Gasteiger partial charge >= 0.3 is 0 Å². The Kier molecular flexibility index (Phi) is 5.20. The summed E-state index contributed by atoms with van der Waals surface area (Å²) in [4.78, 5) is 16.1. The molecule has 0 unspecified atom stereocenters. The summed E-state index contributed by atoms with van der Waals surface area (Å²) in [6.07, 6.45) is 0. The van der Waals surface area contributed by atoms with Gasteiger partial charge in [0.1, 0.15) is 5.82 Å². The van der Waals surface area contributed by atoms with Crippen LogP contribution in [0.1, 0.15) is 0 Å². The minimum atomic E-state index is -0.224. The van der Waals surface area contributed by atoms with E-state index >= 15 is 0 Å². The zero-order valence-electron chi connectivity index (χ0n) is 13.2. The van der Waals surface area contributed by atoms with Crippen molar-refractivity contribution in [1.29, 1.82) is 0 Å². The second-order valence-corrected chi connectivity index (χ2v) is 6.06. The molecule has 24 heavy (non-hydrogen) atoms. The molecule has 1 saturated heterocycles. The summed E-state index contributed by atoms with van der Waals surface area (Å²) in [5.41, 5.74) is 1.34. The van der Waals surface area contributed by atoms with Crippen LogP contribution in [0.15, 0.2) is 48.5 Å². The summed E-state index contributed by atoms with van der Waals surface area (Å²) in [5, 5.41) is 3.66. The molecule has 0 spiro atoms. The van der Waals surface area contributed by atoms with E-state index < -0.39 is 0 Å². The molecule has 2 aromatic carbocycles. The average molecular weight is 348 g/mol. The van der Waals surface area contributed by atoms with E-state index in [1.165, 1.54) is 6.07 Å². The number of carbonyl (C=O) groups excluding carboxylic acids is 1. The zero-order chi connectivity index (χ0) is 16.9. The molecule has 1 aliphatic rings. The van der Waals surface area contributed by atoms with Crippen LogP contribution in [0.5, 0.6) is 0 Å². The highest BCUT2D eigenvalue weighted by Gasteiger charge is 2.22. The Morgan fingerprint density at radius 2 is 1.71 bits per heavy atom. The highest BCUT2D eigenvalue weighted by molar-refractivity contribution is 6.33. The van der Waals surface area contributed by atoms with Gasteiger partial charge in [0.05, 0.1) is 22.9 Å². The minimum Gasteiger partial charge on any atom is -0.375 e. The Labute approximate surface area is 145 Å². The van der Waals surface area contributed by atoms with Gasteiger partial charge in [-0.05, 0) is 24.3 Å². The normalized spacial score (nSPS) is 14.6. The Morgan fingerprint density at radius 1 is 1.04 bits per heavy atom. The van der Waals surface area contributed by atoms with E-state index in [4.69, 9.17) is 11.6 Å². The van der Waals surface area contributed by atoms with E-state index in [1.54, 1.807) is 23.1 Å². The van der Waals surface area contributed by atoms with Gasteiger partial charge in [0, 0.05) is 26.2 Å². The second-order valence-electron chi connectivity index (χ2n) is 5.65. The van der Waals surface area contributed by atoms with Crippen LogP contribution < -0.4 is 10.2 Å². The van der Waals surface area contributed by atoms with Crippen LogP contribution >= 0.6 is 11.6 Å². The number of anilines is 2. The quantitative estimate of drug-likeness (QED) is 0.922. The molecular weight excluding hydrogens is 329 g/mol. The number of hydrogen-bond donors (Lipinski definition) is 1. The Morgan fingerprint density at radius 3 is 2.42 bits per heavy atom. The van der Waals surface area contributed by atoms with Crippen LogP contribution in [0.4, 0.5) is 15.8 Å². The number of halogens is 2.